The SMILES string of the molecule is CC(=O)Nc1ccc(NC(=O)Nc2ccc(-c3nc(N4CCOCC4)c4ccc(-c5ccncc5)cc4n3)cc2)c(F)c1. The minimum absolute atomic E-state index is 0.0189. The number of ether oxygens (including phenoxy) is 1. The number of pyridine rings is 1. The Kier molecular flexibility index (Phi) is 7.88. The molecule has 1 aliphatic rings. The van der Waals surface area contributed by atoms with Crippen LogP contribution in [0.25, 0.3) is 33.4 Å². The number of aromatic nitrogens is 3. The number of hydrogen-bond donors (Lipinski definition) is 3. The van der Waals surface area contributed by atoms with Crippen LogP contribution in [0.2, 0.25) is 0 Å². The molecule has 3 N–H and O–H groups in total. The summed E-state index contributed by atoms with van der Waals surface area (Å²) in [6.45, 7) is 4.04. The van der Waals surface area contributed by atoms with Crippen molar-refractivity contribution in [2.75, 3.05) is 47.2 Å². The molecule has 5 aromatic rings. The van der Waals surface area contributed by atoms with Gasteiger partial charge in [-0.05, 0) is 77.9 Å². The molecular formula is C32H28FN7O3. The molecule has 1 saturated heterocycles. The Labute approximate surface area is 247 Å². The molecule has 0 saturated carbocycles. The summed E-state index contributed by atoms with van der Waals surface area (Å²) in [5.74, 6) is 0.409. The highest BCUT2D eigenvalue weighted by atomic mass is 19.1. The maximum Gasteiger partial charge on any atom is 0.323 e. The number of hydrogen-bond acceptors (Lipinski definition) is 7. The lowest BCUT2D eigenvalue weighted by atomic mass is 10.0. The van der Waals surface area contributed by atoms with Crippen LogP contribution in [0.1, 0.15) is 6.92 Å². The molecule has 11 heteroatoms. The Balaban J connectivity index is 1.25. The van der Waals surface area contributed by atoms with E-state index in [-0.39, 0.29) is 11.6 Å². The van der Waals surface area contributed by atoms with Crippen LogP contribution in [0.4, 0.5) is 32.1 Å². The second-order valence-electron chi connectivity index (χ2n) is 9.97. The van der Waals surface area contributed by atoms with Crippen molar-refractivity contribution in [2.45, 2.75) is 6.92 Å². The van der Waals surface area contributed by atoms with Gasteiger partial charge in [0.05, 0.1) is 24.4 Å². The maximum atomic E-state index is 14.4. The number of rotatable bonds is 6. The summed E-state index contributed by atoms with van der Waals surface area (Å²) in [7, 11) is 0. The first kappa shape index (κ1) is 27.7. The number of morpholine rings is 1. The molecule has 6 rings (SSSR count). The number of carbonyl (C=O) groups is 2. The lowest BCUT2D eigenvalue weighted by Crippen LogP contribution is -2.37. The highest BCUT2D eigenvalue weighted by molar-refractivity contribution is 6.00. The van der Waals surface area contributed by atoms with Crippen LogP contribution in [0.5, 0.6) is 0 Å². The number of anilines is 4. The van der Waals surface area contributed by atoms with E-state index >= 15 is 0 Å². The molecule has 3 amide bonds. The summed E-state index contributed by atoms with van der Waals surface area (Å²) in [6, 6.07) is 20.6. The van der Waals surface area contributed by atoms with Crippen molar-refractivity contribution in [1.29, 1.82) is 0 Å². The Bertz CT molecular complexity index is 1790. The number of benzene rings is 3. The van der Waals surface area contributed by atoms with Gasteiger partial charge in [-0.25, -0.2) is 19.2 Å². The molecule has 0 radical (unpaired) electrons. The first-order valence-corrected chi connectivity index (χ1v) is 13.7. The molecule has 10 nitrogen and oxygen atoms in total. The minimum atomic E-state index is -0.673. The lowest BCUT2D eigenvalue weighted by molar-refractivity contribution is -0.114. The molecule has 1 aliphatic heterocycles. The van der Waals surface area contributed by atoms with Gasteiger partial charge in [0.1, 0.15) is 11.6 Å². The Hall–Kier alpha value is -5.42. The summed E-state index contributed by atoms with van der Waals surface area (Å²) >= 11 is 0. The first-order chi connectivity index (χ1) is 20.9. The third-order valence-corrected chi connectivity index (χ3v) is 6.94. The first-order valence-electron chi connectivity index (χ1n) is 13.7. The number of nitrogens with one attached hydrogen (secondary N) is 3. The number of nitrogens with zero attached hydrogens (tertiary/aromatic N) is 4. The highest BCUT2D eigenvalue weighted by Crippen LogP contribution is 2.32. The van der Waals surface area contributed by atoms with E-state index < -0.39 is 11.8 Å². The van der Waals surface area contributed by atoms with Crippen molar-refractivity contribution in [2.24, 2.45) is 0 Å². The zero-order valence-electron chi connectivity index (χ0n) is 23.3. The summed E-state index contributed by atoms with van der Waals surface area (Å²) in [4.78, 5) is 40.0. The number of carbonyl (C=O) groups excluding carboxylic acids is 2. The van der Waals surface area contributed by atoms with E-state index in [0.29, 0.717) is 30.4 Å². The highest BCUT2D eigenvalue weighted by Gasteiger charge is 2.19. The van der Waals surface area contributed by atoms with Crippen molar-refractivity contribution < 1.29 is 18.7 Å². The van der Waals surface area contributed by atoms with Gasteiger partial charge in [-0.2, -0.15) is 0 Å². The third-order valence-electron chi connectivity index (χ3n) is 6.94. The van der Waals surface area contributed by atoms with Crippen LogP contribution < -0.4 is 20.9 Å². The average Bonchev–Trinajstić information content (AvgIpc) is 3.02. The van der Waals surface area contributed by atoms with Gasteiger partial charge in [0.25, 0.3) is 0 Å². The topological polar surface area (TPSA) is 121 Å². The third kappa shape index (κ3) is 6.41. The largest absolute Gasteiger partial charge is 0.378 e. The van der Waals surface area contributed by atoms with Crippen molar-refractivity contribution in [3.05, 3.63) is 91.0 Å². The van der Waals surface area contributed by atoms with Crippen LogP contribution in [-0.4, -0.2) is 53.2 Å². The van der Waals surface area contributed by atoms with E-state index in [0.717, 1.165) is 52.6 Å². The molecule has 216 valence electrons. The van der Waals surface area contributed by atoms with Gasteiger partial charge in [-0.1, -0.05) is 6.07 Å². The zero-order valence-corrected chi connectivity index (χ0v) is 23.3. The van der Waals surface area contributed by atoms with Gasteiger partial charge < -0.3 is 25.6 Å². The van der Waals surface area contributed by atoms with Crippen molar-refractivity contribution >= 4 is 45.7 Å². The molecular weight excluding hydrogens is 549 g/mol. The Morgan fingerprint density at radius 3 is 2.23 bits per heavy atom. The van der Waals surface area contributed by atoms with Crippen molar-refractivity contribution in [1.82, 2.24) is 15.0 Å². The number of amides is 3. The number of fused-ring (bicyclic) bond motifs is 1. The van der Waals surface area contributed by atoms with Crippen LogP contribution >= 0.6 is 0 Å². The van der Waals surface area contributed by atoms with Crippen molar-refractivity contribution in [3.8, 4) is 22.5 Å². The lowest BCUT2D eigenvalue weighted by Gasteiger charge is -2.29. The molecule has 0 bridgehead atoms. The second-order valence-corrected chi connectivity index (χ2v) is 9.97. The van der Waals surface area contributed by atoms with Crippen molar-refractivity contribution in [3.63, 3.8) is 0 Å². The Morgan fingerprint density at radius 2 is 1.51 bits per heavy atom. The van der Waals surface area contributed by atoms with E-state index in [1.807, 2.05) is 24.3 Å². The van der Waals surface area contributed by atoms with E-state index in [9.17, 15) is 14.0 Å². The molecule has 3 aromatic carbocycles. The van der Waals surface area contributed by atoms with Gasteiger partial charge in [-0.15, -0.1) is 0 Å². The fraction of sp³-hybridized carbons (Fsp3) is 0.156. The monoisotopic (exact) mass is 577 g/mol. The van der Waals surface area contributed by atoms with Crippen LogP contribution in [0.3, 0.4) is 0 Å². The van der Waals surface area contributed by atoms with E-state index in [4.69, 9.17) is 14.7 Å². The number of halogens is 1. The summed E-state index contributed by atoms with van der Waals surface area (Å²) in [5, 5.41) is 8.65. The van der Waals surface area contributed by atoms with Gasteiger partial charge >= 0.3 is 6.03 Å². The predicted molar refractivity (Wildman–Crippen MR) is 165 cm³/mol. The van der Waals surface area contributed by atoms with Crippen LogP contribution in [-0.2, 0) is 9.53 Å². The quantitative estimate of drug-likeness (QED) is 0.228. The molecule has 1 fully saturated rings. The summed E-state index contributed by atoms with van der Waals surface area (Å²) in [5.41, 5.74) is 4.44. The zero-order chi connectivity index (χ0) is 29.8. The second kappa shape index (κ2) is 12.2. The standard InChI is InChI=1S/C32H28FN7O3/c1-20(41)35-25-7-9-28(27(33)19-25)38-32(42)36-24-5-2-22(3-6-24)30-37-29-18-23(21-10-12-34-13-11-21)4-8-26(29)31(39-30)40-14-16-43-17-15-40/h2-13,18-19H,14-17H2,1H3,(H,35,41)(H2,36,38,42). The van der Waals surface area contributed by atoms with E-state index in [1.165, 1.54) is 19.1 Å². The summed E-state index contributed by atoms with van der Waals surface area (Å²) in [6.07, 6.45) is 3.53. The summed E-state index contributed by atoms with van der Waals surface area (Å²) < 4.78 is 20.0. The van der Waals surface area contributed by atoms with E-state index in [1.54, 1.807) is 24.5 Å². The molecule has 2 aromatic heterocycles. The van der Waals surface area contributed by atoms with Gasteiger partial charge in [0, 0.05) is 54.7 Å². The van der Waals surface area contributed by atoms with Crippen LogP contribution in [0.15, 0.2) is 85.2 Å². The smallest absolute Gasteiger partial charge is 0.323 e. The number of urea groups is 1. The van der Waals surface area contributed by atoms with Crippen LogP contribution in [0, 0.1) is 5.82 Å². The molecule has 0 spiro atoms. The predicted octanol–water partition coefficient (Wildman–Crippen LogP) is 5.94. The molecule has 0 aliphatic carbocycles. The minimum Gasteiger partial charge on any atom is -0.378 e. The van der Waals surface area contributed by atoms with Gasteiger partial charge in [0.15, 0.2) is 5.82 Å². The molecule has 43 heavy (non-hydrogen) atoms. The molecule has 3 heterocycles. The fourth-order valence-electron chi connectivity index (χ4n) is 4.87. The maximum absolute atomic E-state index is 14.4. The molecule has 0 atom stereocenters. The normalized spacial score (nSPS) is 13.0. The van der Waals surface area contributed by atoms with Gasteiger partial charge in [-0.3, -0.25) is 9.78 Å². The molecule has 0 unspecified atom stereocenters. The van der Waals surface area contributed by atoms with Gasteiger partial charge in [0.2, 0.25) is 5.91 Å². The Morgan fingerprint density at radius 1 is 0.791 bits per heavy atom. The average molecular weight is 578 g/mol. The van der Waals surface area contributed by atoms with E-state index in [2.05, 4.69) is 44.0 Å². The fourth-order valence-corrected chi connectivity index (χ4v) is 4.87.